The first-order valence-electron chi connectivity index (χ1n) is 5.94. The number of hydrogen-bond donors (Lipinski definition) is 0. The van der Waals surface area contributed by atoms with Gasteiger partial charge in [0.05, 0.1) is 6.10 Å². The fraction of sp³-hybridized carbons (Fsp3) is 0.500. The Balaban J connectivity index is 2.13. The summed E-state index contributed by atoms with van der Waals surface area (Å²) in [4.78, 5) is 0. The van der Waals surface area contributed by atoms with Crippen molar-refractivity contribution >= 4 is 12.4 Å². The highest BCUT2D eigenvalue weighted by atomic mass is 19.4. The van der Waals surface area contributed by atoms with E-state index in [4.69, 9.17) is 4.74 Å². The molecule has 0 N–H and O–H groups in total. The Kier molecular flexibility index (Phi) is 3.36. The highest BCUT2D eigenvalue weighted by Crippen LogP contribution is 2.25. The molecule has 1 fully saturated rings. The highest BCUT2D eigenvalue weighted by Gasteiger charge is 2.27. The lowest BCUT2D eigenvalue weighted by atomic mass is 9.77. The van der Waals surface area contributed by atoms with Gasteiger partial charge in [-0.1, -0.05) is 11.6 Å². The fourth-order valence-corrected chi connectivity index (χ4v) is 2.29. The fourth-order valence-electron chi connectivity index (χ4n) is 2.29. The van der Waals surface area contributed by atoms with E-state index in [9.17, 15) is 12.9 Å². The molecule has 0 unspecified atom stereocenters. The van der Waals surface area contributed by atoms with Gasteiger partial charge in [0.2, 0.25) is 0 Å². The van der Waals surface area contributed by atoms with Crippen LogP contribution in [0.1, 0.15) is 31.2 Å². The van der Waals surface area contributed by atoms with Crippen LogP contribution in [-0.2, 0) is 0 Å². The third kappa shape index (κ3) is 2.96. The second-order valence-electron chi connectivity index (χ2n) is 4.62. The molecule has 1 aromatic carbocycles. The molecular weight excluding hydrogens is 228 g/mol. The van der Waals surface area contributed by atoms with E-state index in [1.54, 1.807) is 0 Å². The van der Waals surface area contributed by atoms with Crippen LogP contribution in [0.15, 0.2) is 18.2 Å². The molecule has 0 aromatic heterocycles. The molecule has 0 heterocycles. The van der Waals surface area contributed by atoms with Crippen molar-refractivity contribution in [3.05, 3.63) is 23.8 Å². The molecule has 5 heteroatoms. The van der Waals surface area contributed by atoms with Crippen LogP contribution in [0.3, 0.4) is 0 Å². The summed E-state index contributed by atoms with van der Waals surface area (Å²) in [7, 11) is 0. The summed E-state index contributed by atoms with van der Waals surface area (Å²) in [5, 5.41) is 0. The van der Waals surface area contributed by atoms with Gasteiger partial charge in [-0.2, -0.15) is 0 Å². The second kappa shape index (κ2) is 4.63. The predicted octanol–water partition coefficient (Wildman–Crippen LogP) is 3.37. The van der Waals surface area contributed by atoms with Crippen LogP contribution >= 0.6 is 0 Å². The monoisotopic (exact) mass is 243 g/mol. The van der Waals surface area contributed by atoms with Crippen molar-refractivity contribution in [3.8, 4) is 5.75 Å². The lowest BCUT2D eigenvalue weighted by molar-refractivity contribution is 0.210. The van der Waals surface area contributed by atoms with Crippen LogP contribution in [0, 0.1) is 6.92 Å². The molecule has 0 atom stereocenters. The Morgan fingerprint density at radius 1 is 1.18 bits per heavy atom. The molecule has 0 saturated heterocycles. The van der Waals surface area contributed by atoms with Gasteiger partial charge < -0.3 is 17.7 Å². The van der Waals surface area contributed by atoms with Gasteiger partial charge >= 0.3 is 6.98 Å². The molecule has 2 rings (SSSR count). The topological polar surface area (TPSA) is 9.23 Å². The van der Waals surface area contributed by atoms with E-state index < -0.39 is 12.4 Å². The van der Waals surface area contributed by atoms with Gasteiger partial charge in [-0.25, -0.2) is 0 Å². The maximum atomic E-state index is 12.6. The van der Waals surface area contributed by atoms with E-state index in [2.05, 4.69) is 0 Å². The van der Waals surface area contributed by atoms with Crippen LogP contribution in [0.5, 0.6) is 5.75 Å². The number of hydrogen-bond acceptors (Lipinski definition) is 1. The smallest absolute Gasteiger partial charge is 0.490 e. The molecule has 0 radical (unpaired) electrons. The van der Waals surface area contributed by atoms with E-state index in [1.165, 1.54) is 19.1 Å². The minimum absolute atomic E-state index is 0.177. The molecule has 1 saturated carbocycles. The quantitative estimate of drug-likeness (QED) is 0.739. The molecule has 1 aliphatic carbocycles. The molecule has 1 nitrogen and oxygen atoms in total. The van der Waals surface area contributed by atoms with E-state index in [1.807, 2.05) is 0 Å². The number of benzene rings is 1. The Morgan fingerprint density at radius 3 is 2.35 bits per heavy atom. The summed E-state index contributed by atoms with van der Waals surface area (Å²) in [6.07, 6.45) is 4.48. The maximum absolute atomic E-state index is 12.6. The molecule has 0 bridgehead atoms. The third-order valence-electron chi connectivity index (χ3n) is 3.20. The molecule has 0 spiro atoms. The zero-order chi connectivity index (χ0) is 12.5. The van der Waals surface area contributed by atoms with E-state index in [0.29, 0.717) is 5.75 Å². The molecule has 17 heavy (non-hydrogen) atoms. The largest absolute Gasteiger partial charge is 0.509 e. The minimum atomic E-state index is -4.92. The van der Waals surface area contributed by atoms with E-state index in [-0.39, 0.29) is 11.7 Å². The number of aryl methyl sites for hydroxylation is 1. The van der Waals surface area contributed by atoms with Crippen molar-refractivity contribution in [3.63, 3.8) is 0 Å². The average molecular weight is 243 g/mol. The predicted molar refractivity (Wildman–Crippen MR) is 62.8 cm³/mol. The van der Waals surface area contributed by atoms with Crippen molar-refractivity contribution in [1.29, 1.82) is 0 Å². The summed E-state index contributed by atoms with van der Waals surface area (Å²) >= 11 is 0. The Labute approximate surface area is 99.0 Å². The van der Waals surface area contributed by atoms with E-state index >= 15 is 0 Å². The molecule has 0 amide bonds. The molecular formula is C12H15BF3O-. The summed E-state index contributed by atoms with van der Waals surface area (Å²) in [6, 6.07) is 4.04. The van der Waals surface area contributed by atoms with Gasteiger partial charge in [0.1, 0.15) is 5.75 Å². The Morgan fingerprint density at radius 2 is 1.82 bits per heavy atom. The molecule has 0 aliphatic heterocycles. The maximum Gasteiger partial charge on any atom is 0.509 e. The average Bonchev–Trinajstić information content (AvgIpc) is 2.68. The number of ether oxygens (including phenoxy) is 1. The van der Waals surface area contributed by atoms with Crippen molar-refractivity contribution in [2.24, 2.45) is 0 Å². The van der Waals surface area contributed by atoms with Crippen LogP contribution in [0.4, 0.5) is 12.9 Å². The summed E-state index contributed by atoms with van der Waals surface area (Å²) in [6.45, 7) is -3.44. The van der Waals surface area contributed by atoms with Crippen molar-refractivity contribution < 1.29 is 17.7 Å². The summed E-state index contributed by atoms with van der Waals surface area (Å²) in [5.74, 6) is 0.554. The molecule has 1 aliphatic rings. The van der Waals surface area contributed by atoms with Crippen molar-refractivity contribution in [1.82, 2.24) is 0 Å². The lowest BCUT2D eigenvalue weighted by Crippen LogP contribution is -2.36. The Hall–Kier alpha value is -1.13. The van der Waals surface area contributed by atoms with Crippen LogP contribution < -0.4 is 10.2 Å². The molecule has 94 valence electrons. The zero-order valence-corrected chi connectivity index (χ0v) is 9.76. The SMILES string of the molecule is Cc1cc(OC2CCCC2)ccc1[B-](F)(F)F. The van der Waals surface area contributed by atoms with Gasteiger partial charge in [0.15, 0.2) is 0 Å². The number of rotatable bonds is 3. The summed E-state index contributed by atoms with van der Waals surface area (Å²) < 4.78 is 43.5. The first-order chi connectivity index (χ1) is 7.97. The standard InChI is InChI=1S/C12H15BF3O/c1-9-8-11(17-10-4-2-3-5-10)6-7-12(9)13(14,15)16/h6-8,10H,2-5H2,1H3/q-1. The number of halogens is 3. The van der Waals surface area contributed by atoms with Crippen LogP contribution in [0.2, 0.25) is 0 Å². The summed E-state index contributed by atoms with van der Waals surface area (Å²) in [5.41, 5.74) is -0.281. The van der Waals surface area contributed by atoms with Crippen molar-refractivity contribution in [2.75, 3.05) is 0 Å². The highest BCUT2D eigenvalue weighted by molar-refractivity contribution is 6.74. The minimum Gasteiger partial charge on any atom is -0.490 e. The third-order valence-corrected chi connectivity index (χ3v) is 3.20. The van der Waals surface area contributed by atoms with E-state index in [0.717, 1.165) is 31.7 Å². The van der Waals surface area contributed by atoms with Gasteiger partial charge in [0, 0.05) is 0 Å². The molecule has 1 aromatic rings. The zero-order valence-electron chi connectivity index (χ0n) is 9.76. The van der Waals surface area contributed by atoms with Gasteiger partial charge in [-0.05, 0) is 44.7 Å². The first-order valence-corrected chi connectivity index (χ1v) is 5.94. The van der Waals surface area contributed by atoms with Crippen LogP contribution in [0.25, 0.3) is 0 Å². The van der Waals surface area contributed by atoms with Gasteiger partial charge in [-0.3, -0.25) is 0 Å². The van der Waals surface area contributed by atoms with Crippen LogP contribution in [-0.4, -0.2) is 13.1 Å². The second-order valence-corrected chi connectivity index (χ2v) is 4.62. The van der Waals surface area contributed by atoms with Gasteiger partial charge in [-0.15, -0.1) is 5.46 Å². The lowest BCUT2D eigenvalue weighted by Gasteiger charge is -2.20. The Bertz CT molecular complexity index is 397. The first kappa shape index (κ1) is 12.3. The van der Waals surface area contributed by atoms with Gasteiger partial charge in [0.25, 0.3) is 0 Å². The van der Waals surface area contributed by atoms with Crippen molar-refractivity contribution in [2.45, 2.75) is 38.7 Å². The normalized spacial score (nSPS) is 17.4.